The number of hydroxylamine groups is 1. The zero-order valence-electron chi connectivity index (χ0n) is 17.5. The van der Waals surface area contributed by atoms with Gasteiger partial charge in [-0.15, -0.1) is 0 Å². The third-order valence-corrected chi connectivity index (χ3v) is 6.33. The van der Waals surface area contributed by atoms with Crippen molar-refractivity contribution in [2.75, 3.05) is 26.3 Å². The maximum atomic E-state index is 12.4. The first kappa shape index (κ1) is 25.4. The number of carbonyl (C=O) groups excluding carboxylic acids is 1. The number of rotatable bonds is 12. The van der Waals surface area contributed by atoms with Gasteiger partial charge in [0.15, 0.2) is 0 Å². The third kappa shape index (κ3) is 7.96. The quantitative estimate of drug-likeness (QED) is 0.122. The summed E-state index contributed by atoms with van der Waals surface area (Å²) >= 11 is 0. The van der Waals surface area contributed by atoms with Gasteiger partial charge in [0, 0.05) is 30.9 Å². The van der Waals surface area contributed by atoms with Gasteiger partial charge in [0.05, 0.1) is 31.2 Å². The SMILES string of the molecule is O=C(O)C1CCC([N+](=O)[O-])CC1C(=O)NCCCNOCC1CCC(O)CC1COO. The van der Waals surface area contributed by atoms with Crippen LogP contribution in [-0.4, -0.2) is 70.7 Å². The highest BCUT2D eigenvalue weighted by Gasteiger charge is 2.43. The Morgan fingerprint density at radius 2 is 1.81 bits per heavy atom. The summed E-state index contributed by atoms with van der Waals surface area (Å²) < 4.78 is 0. The second-order valence-corrected chi connectivity index (χ2v) is 8.44. The van der Waals surface area contributed by atoms with Gasteiger partial charge in [0.25, 0.3) is 0 Å². The second-order valence-electron chi connectivity index (χ2n) is 8.44. The van der Waals surface area contributed by atoms with Gasteiger partial charge in [-0.2, -0.15) is 0 Å². The Balaban J connectivity index is 1.64. The molecule has 6 atom stereocenters. The summed E-state index contributed by atoms with van der Waals surface area (Å²) in [6.07, 6.45) is 2.36. The van der Waals surface area contributed by atoms with E-state index in [1.165, 1.54) is 0 Å². The molecule has 0 aromatic rings. The molecule has 0 heterocycles. The number of nitrogens with one attached hydrogen (secondary N) is 2. The minimum absolute atomic E-state index is 0.00973. The van der Waals surface area contributed by atoms with E-state index >= 15 is 0 Å². The molecule has 31 heavy (non-hydrogen) atoms. The van der Waals surface area contributed by atoms with E-state index in [1.807, 2.05) is 0 Å². The minimum atomic E-state index is -1.10. The molecular formula is C19H33N3O9. The van der Waals surface area contributed by atoms with Gasteiger partial charge in [0.2, 0.25) is 11.9 Å². The fourth-order valence-corrected chi connectivity index (χ4v) is 4.49. The topological polar surface area (TPSA) is 180 Å². The number of aliphatic carboxylic acids is 1. The second kappa shape index (κ2) is 12.9. The predicted octanol–water partition coefficient (Wildman–Crippen LogP) is 0.427. The van der Waals surface area contributed by atoms with Crippen LogP contribution in [0, 0.1) is 33.8 Å². The Morgan fingerprint density at radius 3 is 2.48 bits per heavy atom. The highest BCUT2D eigenvalue weighted by molar-refractivity contribution is 5.84. The summed E-state index contributed by atoms with van der Waals surface area (Å²) in [6, 6.07) is -0.887. The summed E-state index contributed by atoms with van der Waals surface area (Å²) in [7, 11) is 0. The molecule has 0 bridgehead atoms. The number of nitro groups is 1. The monoisotopic (exact) mass is 447 g/mol. The van der Waals surface area contributed by atoms with Gasteiger partial charge in [-0.05, 0) is 43.9 Å². The molecule has 0 aliphatic heterocycles. The summed E-state index contributed by atoms with van der Waals surface area (Å²) in [5, 5.41) is 41.4. The zero-order valence-corrected chi connectivity index (χ0v) is 17.5. The lowest BCUT2D eigenvalue weighted by Crippen LogP contribution is -2.45. The number of carbonyl (C=O) groups is 2. The van der Waals surface area contributed by atoms with E-state index in [4.69, 9.17) is 10.1 Å². The van der Waals surface area contributed by atoms with Crippen molar-refractivity contribution in [3.63, 3.8) is 0 Å². The Labute approximate surface area is 180 Å². The Kier molecular flexibility index (Phi) is 10.5. The van der Waals surface area contributed by atoms with Crippen LogP contribution in [0.5, 0.6) is 0 Å². The Hall–Kier alpha value is -1.86. The Bertz CT molecular complexity index is 606. The molecule has 6 unspecified atom stereocenters. The molecule has 178 valence electrons. The van der Waals surface area contributed by atoms with Gasteiger partial charge >= 0.3 is 5.97 Å². The maximum Gasteiger partial charge on any atom is 0.307 e. The molecule has 12 heteroatoms. The number of hydrogen-bond donors (Lipinski definition) is 5. The number of aliphatic hydroxyl groups is 1. The lowest BCUT2D eigenvalue weighted by Gasteiger charge is -2.33. The van der Waals surface area contributed by atoms with Crippen LogP contribution in [0.25, 0.3) is 0 Å². The van der Waals surface area contributed by atoms with Gasteiger partial charge in [-0.25, -0.2) is 10.4 Å². The van der Waals surface area contributed by atoms with E-state index in [9.17, 15) is 29.9 Å². The third-order valence-electron chi connectivity index (χ3n) is 6.33. The average molecular weight is 447 g/mol. The number of aliphatic hydroxyl groups excluding tert-OH is 1. The molecule has 2 saturated carbocycles. The number of hydrogen-bond acceptors (Lipinski definition) is 9. The van der Waals surface area contributed by atoms with Crippen LogP contribution in [0.2, 0.25) is 0 Å². The van der Waals surface area contributed by atoms with Crippen molar-refractivity contribution in [1.29, 1.82) is 0 Å². The molecule has 12 nitrogen and oxygen atoms in total. The first-order chi connectivity index (χ1) is 14.8. The molecule has 0 radical (unpaired) electrons. The van der Waals surface area contributed by atoms with Crippen molar-refractivity contribution in [2.45, 2.75) is 57.1 Å². The fraction of sp³-hybridized carbons (Fsp3) is 0.895. The average Bonchev–Trinajstić information content (AvgIpc) is 2.73. The van der Waals surface area contributed by atoms with Crippen LogP contribution in [-0.2, 0) is 19.3 Å². The van der Waals surface area contributed by atoms with Gasteiger partial charge < -0.3 is 20.4 Å². The van der Waals surface area contributed by atoms with E-state index in [1.54, 1.807) is 0 Å². The minimum Gasteiger partial charge on any atom is -0.481 e. The largest absolute Gasteiger partial charge is 0.481 e. The molecule has 0 saturated heterocycles. The van der Waals surface area contributed by atoms with E-state index < -0.39 is 40.8 Å². The van der Waals surface area contributed by atoms with E-state index in [0.29, 0.717) is 32.4 Å². The molecule has 5 N–H and O–H groups in total. The number of carboxylic acids is 1. The summed E-state index contributed by atoms with van der Waals surface area (Å²) in [4.78, 5) is 44.1. The fourth-order valence-electron chi connectivity index (χ4n) is 4.49. The molecule has 2 aliphatic rings. The van der Waals surface area contributed by atoms with E-state index in [-0.39, 0.29) is 44.2 Å². The van der Waals surface area contributed by atoms with E-state index in [0.717, 1.165) is 6.42 Å². The van der Waals surface area contributed by atoms with Crippen molar-refractivity contribution in [3.05, 3.63) is 10.1 Å². The van der Waals surface area contributed by atoms with Crippen LogP contribution in [0.15, 0.2) is 0 Å². The van der Waals surface area contributed by atoms with Crippen molar-refractivity contribution < 1.29 is 39.7 Å². The lowest BCUT2D eigenvalue weighted by molar-refractivity contribution is -0.528. The zero-order chi connectivity index (χ0) is 22.8. The molecule has 0 aromatic heterocycles. The Morgan fingerprint density at radius 1 is 1.03 bits per heavy atom. The molecule has 0 spiro atoms. The van der Waals surface area contributed by atoms with Gasteiger partial charge in [-0.3, -0.25) is 25.0 Å². The summed E-state index contributed by atoms with van der Waals surface area (Å²) in [6.45, 7) is 1.28. The van der Waals surface area contributed by atoms with Crippen LogP contribution < -0.4 is 10.8 Å². The van der Waals surface area contributed by atoms with Crippen LogP contribution in [0.1, 0.15) is 44.9 Å². The van der Waals surface area contributed by atoms with Crippen LogP contribution >= 0.6 is 0 Å². The number of amides is 1. The highest BCUT2D eigenvalue weighted by atomic mass is 17.1. The number of nitrogens with zero attached hydrogens (tertiary/aromatic N) is 1. The molecule has 1 amide bonds. The smallest absolute Gasteiger partial charge is 0.307 e. The molecule has 2 fully saturated rings. The molecule has 0 aromatic carbocycles. The summed E-state index contributed by atoms with van der Waals surface area (Å²) in [5.41, 5.74) is 2.81. The van der Waals surface area contributed by atoms with Gasteiger partial charge in [0.1, 0.15) is 0 Å². The normalized spacial score (nSPS) is 31.2. The highest BCUT2D eigenvalue weighted by Crippen LogP contribution is 2.32. The number of carboxylic acid groups (broad SMARTS) is 1. The lowest BCUT2D eigenvalue weighted by atomic mass is 9.76. The van der Waals surface area contributed by atoms with E-state index in [2.05, 4.69) is 15.7 Å². The molecule has 2 aliphatic carbocycles. The van der Waals surface area contributed by atoms with Crippen molar-refractivity contribution in [2.24, 2.45) is 23.7 Å². The van der Waals surface area contributed by atoms with Crippen molar-refractivity contribution >= 4 is 11.9 Å². The summed E-state index contributed by atoms with van der Waals surface area (Å²) in [5.74, 6) is -3.21. The predicted molar refractivity (Wildman–Crippen MR) is 106 cm³/mol. The van der Waals surface area contributed by atoms with Crippen LogP contribution in [0.3, 0.4) is 0 Å². The van der Waals surface area contributed by atoms with Crippen molar-refractivity contribution in [1.82, 2.24) is 10.8 Å². The molecule has 2 rings (SSSR count). The van der Waals surface area contributed by atoms with Gasteiger partial charge in [-0.1, -0.05) is 0 Å². The standard InChI is InChI=1S/C19H33N3O9/c23-15-4-2-12(13(8-15)11-31-29)10-30-21-7-1-6-20-18(24)17-9-14(22(27)28)3-5-16(17)19(25)26/h12-17,21,23,29H,1-11H2,(H,20,24)(H,25,26). The van der Waals surface area contributed by atoms with Crippen molar-refractivity contribution in [3.8, 4) is 0 Å². The maximum absolute atomic E-state index is 12.4. The first-order valence-electron chi connectivity index (χ1n) is 10.8. The van der Waals surface area contributed by atoms with Crippen LogP contribution in [0.4, 0.5) is 0 Å². The molecular weight excluding hydrogens is 414 g/mol. The first-order valence-corrected chi connectivity index (χ1v) is 10.8.